The van der Waals surface area contributed by atoms with Crippen molar-refractivity contribution in [2.45, 2.75) is 13.5 Å². The lowest BCUT2D eigenvalue weighted by molar-refractivity contribution is -0.116. The number of carbonyl (C=O) groups excluding carboxylic acids is 1. The highest BCUT2D eigenvalue weighted by Gasteiger charge is 2.21. The fourth-order valence-electron chi connectivity index (χ4n) is 2.52. The summed E-state index contributed by atoms with van der Waals surface area (Å²) in [5.41, 5.74) is 2.57. The normalized spacial score (nSPS) is 12.0. The largest absolute Gasteiger partial charge is 0.325 e. The fraction of sp³-hybridized carbons (Fsp3) is 0.316. The lowest BCUT2D eigenvalue weighted by atomic mass is 10.1. The van der Waals surface area contributed by atoms with Crippen LogP contribution in [0.4, 0.5) is 11.4 Å². The quantitative estimate of drug-likeness (QED) is 0.675. The summed E-state index contributed by atoms with van der Waals surface area (Å²) in [6.07, 6.45) is 2.13. The van der Waals surface area contributed by atoms with E-state index in [1.165, 1.54) is 13.1 Å². The van der Waals surface area contributed by atoms with Crippen molar-refractivity contribution in [2.75, 3.05) is 35.7 Å². The number of anilines is 2. The number of rotatable bonds is 8. The van der Waals surface area contributed by atoms with Crippen molar-refractivity contribution in [1.82, 2.24) is 4.31 Å². The highest BCUT2D eigenvalue weighted by Crippen LogP contribution is 2.20. The molecule has 0 radical (unpaired) electrons. The van der Waals surface area contributed by atoms with Crippen molar-refractivity contribution in [3.63, 3.8) is 0 Å². The Morgan fingerprint density at radius 1 is 0.966 bits per heavy atom. The Bertz CT molecular complexity index is 1080. The summed E-state index contributed by atoms with van der Waals surface area (Å²) in [6, 6.07) is 13.7. The lowest BCUT2D eigenvalue weighted by Crippen LogP contribution is -2.36. The third-order valence-corrected chi connectivity index (χ3v) is 6.66. The molecule has 0 aliphatic rings. The zero-order valence-corrected chi connectivity index (χ0v) is 18.4. The molecule has 0 heterocycles. The van der Waals surface area contributed by atoms with E-state index in [1.807, 2.05) is 31.2 Å². The molecule has 29 heavy (non-hydrogen) atoms. The van der Waals surface area contributed by atoms with Gasteiger partial charge in [-0.2, -0.15) is 4.31 Å². The molecular weight excluding hydrogens is 414 g/mol. The minimum absolute atomic E-state index is 0.0728. The molecule has 0 fully saturated rings. The second kappa shape index (κ2) is 8.93. The SMILES string of the molecule is Cc1ccc(CN(CC(=O)Nc2cccc(N(C)S(C)(=O)=O)c2)S(C)(=O)=O)cc1. The Hall–Kier alpha value is -2.43. The van der Waals surface area contributed by atoms with Gasteiger partial charge in [0.2, 0.25) is 26.0 Å². The molecule has 158 valence electrons. The van der Waals surface area contributed by atoms with E-state index in [2.05, 4.69) is 5.32 Å². The van der Waals surface area contributed by atoms with E-state index in [1.54, 1.807) is 18.2 Å². The Balaban J connectivity index is 2.13. The van der Waals surface area contributed by atoms with Crippen LogP contribution in [-0.4, -0.2) is 53.2 Å². The first-order chi connectivity index (χ1) is 13.4. The second-order valence-corrected chi connectivity index (χ2v) is 10.8. The van der Waals surface area contributed by atoms with Crippen LogP contribution in [0.15, 0.2) is 48.5 Å². The van der Waals surface area contributed by atoms with E-state index in [0.717, 1.165) is 32.2 Å². The third-order valence-electron chi connectivity index (χ3n) is 4.26. The Morgan fingerprint density at radius 3 is 2.14 bits per heavy atom. The summed E-state index contributed by atoms with van der Waals surface area (Å²) in [5.74, 6) is -0.526. The molecule has 0 saturated carbocycles. The lowest BCUT2D eigenvalue weighted by Gasteiger charge is -2.20. The van der Waals surface area contributed by atoms with E-state index in [4.69, 9.17) is 0 Å². The Morgan fingerprint density at radius 2 is 1.59 bits per heavy atom. The second-order valence-electron chi connectivity index (χ2n) is 6.85. The van der Waals surface area contributed by atoms with Crippen LogP contribution in [0.5, 0.6) is 0 Å². The van der Waals surface area contributed by atoms with Crippen LogP contribution in [0.1, 0.15) is 11.1 Å². The van der Waals surface area contributed by atoms with Gasteiger partial charge in [-0.1, -0.05) is 35.9 Å². The van der Waals surface area contributed by atoms with Gasteiger partial charge in [0, 0.05) is 19.3 Å². The molecule has 2 aromatic carbocycles. The molecule has 1 N–H and O–H groups in total. The van der Waals surface area contributed by atoms with Crippen molar-refractivity contribution in [1.29, 1.82) is 0 Å². The number of sulfonamides is 2. The molecule has 0 spiro atoms. The summed E-state index contributed by atoms with van der Waals surface area (Å²) < 4.78 is 49.8. The van der Waals surface area contributed by atoms with Crippen LogP contribution >= 0.6 is 0 Å². The monoisotopic (exact) mass is 439 g/mol. The maximum absolute atomic E-state index is 12.4. The van der Waals surface area contributed by atoms with Crippen molar-refractivity contribution < 1.29 is 21.6 Å². The van der Waals surface area contributed by atoms with Gasteiger partial charge < -0.3 is 5.32 Å². The molecule has 0 aliphatic heterocycles. The van der Waals surface area contributed by atoms with Crippen molar-refractivity contribution in [3.8, 4) is 0 Å². The zero-order chi connectivity index (χ0) is 21.8. The molecule has 10 heteroatoms. The van der Waals surface area contributed by atoms with Gasteiger partial charge in [0.1, 0.15) is 0 Å². The van der Waals surface area contributed by atoms with Crippen molar-refractivity contribution in [2.24, 2.45) is 0 Å². The number of nitrogens with one attached hydrogen (secondary N) is 1. The number of nitrogens with zero attached hydrogens (tertiary/aromatic N) is 2. The summed E-state index contributed by atoms with van der Waals surface area (Å²) in [6.45, 7) is 1.64. The predicted octanol–water partition coefficient (Wildman–Crippen LogP) is 1.79. The van der Waals surface area contributed by atoms with Gasteiger partial charge in [-0.3, -0.25) is 9.10 Å². The van der Waals surface area contributed by atoms with Crippen LogP contribution in [-0.2, 0) is 31.4 Å². The van der Waals surface area contributed by atoms with Crippen LogP contribution in [0.3, 0.4) is 0 Å². The molecule has 0 unspecified atom stereocenters. The number of benzene rings is 2. The van der Waals surface area contributed by atoms with Gasteiger partial charge in [-0.15, -0.1) is 0 Å². The fourth-order valence-corrected chi connectivity index (χ4v) is 3.75. The van der Waals surface area contributed by atoms with Gasteiger partial charge in [-0.05, 0) is 30.7 Å². The summed E-state index contributed by atoms with van der Waals surface area (Å²) in [7, 11) is -5.65. The summed E-state index contributed by atoms with van der Waals surface area (Å²) in [5, 5.41) is 2.62. The number of carbonyl (C=O) groups is 1. The van der Waals surface area contributed by atoms with Gasteiger partial charge >= 0.3 is 0 Å². The highest BCUT2D eigenvalue weighted by molar-refractivity contribution is 7.92. The summed E-state index contributed by atoms with van der Waals surface area (Å²) >= 11 is 0. The number of hydrogen-bond acceptors (Lipinski definition) is 5. The molecule has 0 aromatic heterocycles. The smallest absolute Gasteiger partial charge is 0.239 e. The number of amides is 1. The molecule has 1 amide bonds. The molecule has 2 aromatic rings. The molecule has 0 atom stereocenters. The zero-order valence-electron chi connectivity index (χ0n) is 16.8. The van der Waals surface area contributed by atoms with Crippen LogP contribution in [0, 0.1) is 6.92 Å². The van der Waals surface area contributed by atoms with Crippen LogP contribution in [0.2, 0.25) is 0 Å². The average molecular weight is 440 g/mol. The van der Waals surface area contributed by atoms with Crippen molar-refractivity contribution in [3.05, 3.63) is 59.7 Å². The Kier molecular flexibility index (Phi) is 7.04. The molecule has 0 saturated heterocycles. The van der Waals surface area contributed by atoms with Gasteiger partial charge in [-0.25, -0.2) is 16.8 Å². The Labute approximate surface area is 172 Å². The minimum atomic E-state index is -3.62. The first-order valence-electron chi connectivity index (χ1n) is 8.71. The average Bonchev–Trinajstić information content (AvgIpc) is 2.61. The van der Waals surface area contributed by atoms with E-state index in [9.17, 15) is 21.6 Å². The minimum Gasteiger partial charge on any atom is -0.325 e. The van der Waals surface area contributed by atoms with E-state index < -0.39 is 26.0 Å². The number of aryl methyl sites for hydroxylation is 1. The molecule has 8 nitrogen and oxygen atoms in total. The summed E-state index contributed by atoms with van der Waals surface area (Å²) in [4.78, 5) is 12.4. The first-order valence-corrected chi connectivity index (χ1v) is 12.4. The van der Waals surface area contributed by atoms with Gasteiger partial charge in [0.05, 0.1) is 24.7 Å². The topological polar surface area (TPSA) is 104 Å². The predicted molar refractivity (Wildman–Crippen MR) is 115 cm³/mol. The van der Waals surface area contributed by atoms with Crippen molar-refractivity contribution >= 4 is 37.3 Å². The van der Waals surface area contributed by atoms with Crippen LogP contribution in [0.25, 0.3) is 0 Å². The molecule has 2 rings (SSSR count). The van der Waals surface area contributed by atoms with Gasteiger partial charge in [0.25, 0.3) is 0 Å². The maximum Gasteiger partial charge on any atom is 0.239 e. The highest BCUT2D eigenvalue weighted by atomic mass is 32.2. The van der Waals surface area contributed by atoms with Crippen LogP contribution < -0.4 is 9.62 Å². The molecule has 0 bridgehead atoms. The van der Waals surface area contributed by atoms with E-state index >= 15 is 0 Å². The third kappa shape index (κ3) is 6.84. The van der Waals surface area contributed by atoms with E-state index in [-0.39, 0.29) is 13.1 Å². The molecule has 0 aliphatic carbocycles. The standard InChI is InChI=1S/C19H25N3O5S2/c1-15-8-10-16(11-9-15)13-22(29(4,26)27)14-19(23)20-17-6-5-7-18(12-17)21(2)28(3,24)25/h5-12H,13-14H2,1-4H3,(H,20,23). The first kappa shape index (κ1) is 22.9. The maximum atomic E-state index is 12.4. The number of hydrogen-bond donors (Lipinski definition) is 1. The van der Waals surface area contributed by atoms with Gasteiger partial charge in [0.15, 0.2) is 0 Å². The molecular formula is C19H25N3O5S2. The van der Waals surface area contributed by atoms with E-state index in [0.29, 0.717) is 11.4 Å².